The van der Waals surface area contributed by atoms with Gasteiger partial charge in [0.1, 0.15) is 6.07 Å². The van der Waals surface area contributed by atoms with Gasteiger partial charge in [-0.15, -0.1) is 0 Å². The van der Waals surface area contributed by atoms with Crippen molar-refractivity contribution in [3.05, 3.63) is 35.5 Å². The van der Waals surface area contributed by atoms with E-state index >= 15 is 0 Å². The van der Waals surface area contributed by atoms with Crippen molar-refractivity contribution in [1.82, 2.24) is 0 Å². The van der Waals surface area contributed by atoms with Crippen LogP contribution < -0.4 is 0 Å². The fourth-order valence-corrected chi connectivity index (χ4v) is 1.70. The lowest BCUT2D eigenvalue weighted by Crippen LogP contribution is -1.88. The summed E-state index contributed by atoms with van der Waals surface area (Å²) in [6.07, 6.45) is 14.0. The Balaban J connectivity index is 2.87. The van der Waals surface area contributed by atoms with Crippen LogP contribution in [0.1, 0.15) is 38.5 Å². The summed E-state index contributed by atoms with van der Waals surface area (Å²) in [5, 5.41) is 17.9. The van der Waals surface area contributed by atoms with E-state index in [9.17, 15) is 0 Å². The first-order valence-corrected chi connectivity index (χ1v) is 5.75. The second kappa shape index (κ2) is 7.49. The highest BCUT2D eigenvalue weighted by atomic mass is 14.3. The van der Waals surface area contributed by atoms with E-state index in [1.54, 1.807) is 6.08 Å². The monoisotopic (exact) mass is 212 g/mol. The fourth-order valence-electron chi connectivity index (χ4n) is 1.70. The molecule has 0 heterocycles. The van der Waals surface area contributed by atoms with Crippen molar-refractivity contribution >= 4 is 0 Å². The van der Waals surface area contributed by atoms with Gasteiger partial charge in [0, 0.05) is 5.57 Å². The molecule has 0 fully saturated rings. The van der Waals surface area contributed by atoms with Gasteiger partial charge >= 0.3 is 0 Å². The Morgan fingerprint density at radius 3 is 2.50 bits per heavy atom. The maximum Gasteiger partial charge on any atom is 0.100 e. The minimum Gasteiger partial charge on any atom is -0.193 e. The largest absolute Gasteiger partial charge is 0.193 e. The zero-order valence-electron chi connectivity index (χ0n) is 9.45. The van der Waals surface area contributed by atoms with Crippen LogP contribution in [0.3, 0.4) is 0 Å². The van der Waals surface area contributed by atoms with Crippen molar-refractivity contribution in [1.29, 1.82) is 10.5 Å². The van der Waals surface area contributed by atoms with E-state index in [0.717, 1.165) is 25.7 Å². The molecule has 0 amide bonds. The second-order valence-electron chi connectivity index (χ2n) is 3.86. The fraction of sp³-hybridized carbons (Fsp3) is 0.429. The molecule has 82 valence electrons. The molecule has 0 unspecified atom stereocenters. The predicted molar refractivity (Wildman–Crippen MR) is 64.2 cm³/mol. The van der Waals surface area contributed by atoms with Crippen molar-refractivity contribution in [2.45, 2.75) is 38.5 Å². The van der Waals surface area contributed by atoms with Crippen LogP contribution in [0, 0.1) is 22.7 Å². The first-order valence-electron chi connectivity index (χ1n) is 5.75. The van der Waals surface area contributed by atoms with Crippen LogP contribution in [0.4, 0.5) is 0 Å². The summed E-state index contributed by atoms with van der Waals surface area (Å²) < 4.78 is 0. The lowest BCUT2D eigenvalue weighted by molar-refractivity contribution is 0.647. The van der Waals surface area contributed by atoms with Gasteiger partial charge in [-0.2, -0.15) is 10.5 Å². The molecule has 2 nitrogen and oxygen atoms in total. The van der Waals surface area contributed by atoms with Crippen molar-refractivity contribution < 1.29 is 0 Å². The van der Waals surface area contributed by atoms with Crippen molar-refractivity contribution in [2.24, 2.45) is 0 Å². The summed E-state index contributed by atoms with van der Waals surface area (Å²) >= 11 is 0. The molecule has 0 saturated heterocycles. The second-order valence-corrected chi connectivity index (χ2v) is 3.86. The smallest absolute Gasteiger partial charge is 0.100 e. The van der Waals surface area contributed by atoms with E-state index in [1.165, 1.54) is 12.8 Å². The highest BCUT2D eigenvalue weighted by Crippen LogP contribution is 2.15. The van der Waals surface area contributed by atoms with Crippen molar-refractivity contribution in [2.75, 3.05) is 0 Å². The third-order valence-electron chi connectivity index (χ3n) is 2.64. The molecule has 0 aromatic carbocycles. The van der Waals surface area contributed by atoms with Gasteiger partial charge in [-0.25, -0.2) is 0 Å². The lowest BCUT2D eigenvalue weighted by Gasteiger charge is -2.01. The Labute approximate surface area is 97.2 Å². The molecule has 16 heavy (non-hydrogen) atoms. The van der Waals surface area contributed by atoms with E-state index in [0.29, 0.717) is 11.1 Å². The van der Waals surface area contributed by atoms with Crippen LogP contribution in [0.25, 0.3) is 0 Å². The van der Waals surface area contributed by atoms with Gasteiger partial charge in [-0.05, 0) is 31.8 Å². The molecule has 1 aliphatic carbocycles. The van der Waals surface area contributed by atoms with E-state index in [1.807, 2.05) is 12.2 Å². The third-order valence-corrected chi connectivity index (χ3v) is 2.64. The van der Waals surface area contributed by atoms with E-state index < -0.39 is 0 Å². The molecule has 0 aromatic heterocycles. The van der Waals surface area contributed by atoms with Crippen LogP contribution in [0.5, 0.6) is 0 Å². The zero-order valence-corrected chi connectivity index (χ0v) is 9.45. The normalized spacial score (nSPS) is 26.6. The molecular formula is C14H16N2. The van der Waals surface area contributed by atoms with Crippen LogP contribution in [0.15, 0.2) is 35.5 Å². The molecule has 0 saturated carbocycles. The Bertz CT molecular complexity index is 386. The number of nitriles is 2. The molecule has 0 bridgehead atoms. The Hall–Kier alpha value is -1.80. The van der Waals surface area contributed by atoms with E-state index in [-0.39, 0.29) is 0 Å². The Kier molecular flexibility index (Phi) is 5.74. The first kappa shape index (κ1) is 12.3. The number of nitrogens with zero attached hydrogens (tertiary/aromatic N) is 2. The number of hydrogen-bond donors (Lipinski definition) is 0. The van der Waals surface area contributed by atoms with Crippen molar-refractivity contribution in [3.63, 3.8) is 0 Å². The van der Waals surface area contributed by atoms with Gasteiger partial charge in [0.25, 0.3) is 0 Å². The molecule has 0 atom stereocenters. The number of allylic oxidation sites excluding steroid dienone is 6. The van der Waals surface area contributed by atoms with Crippen LogP contribution >= 0.6 is 0 Å². The summed E-state index contributed by atoms with van der Waals surface area (Å²) in [6, 6.07) is 4.23. The van der Waals surface area contributed by atoms with Gasteiger partial charge in [0.2, 0.25) is 0 Å². The molecular weight excluding hydrogens is 196 g/mol. The molecule has 0 aromatic rings. The highest BCUT2D eigenvalue weighted by Gasteiger charge is 2.03. The molecule has 0 aliphatic heterocycles. The average molecular weight is 212 g/mol. The van der Waals surface area contributed by atoms with Gasteiger partial charge in [0.15, 0.2) is 0 Å². The summed E-state index contributed by atoms with van der Waals surface area (Å²) in [7, 11) is 0. The van der Waals surface area contributed by atoms with Gasteiger partial charge in [-0.3, -0.25) is 0 Å². The van der Waals surface area contributed by atoms with Crippen LogP contribution in [-0.2, 0) is 0 Å². The summed E-state index contributed by atoms with van der Waals surface area (Å²) in [4.78, 5) is 0. The molecule has 0 spiro atoms. The summed E-state index contributed by atoms with van der Waals surface area (Å²) in [5.41, 5.74) is 1.13. The molecule has 0 radical (unpaired) electrons. The maximum atomic E-state index is 8.99. The van der Waals surface area contributed by atoms with Gasteiger partial charge in [-0.1, -0.05) is 31.1 Å². The third kappa shape index (κ3) is 4.15. The number of rotatable bonds is 0. The minimum absolute atomic E-state index is 0.507. The molecule has 2 heteroatoms. The quantitative estimate of drug-likeness (QED) is 0.613. The Morgan fingerprint density at radius 1 is 0.938 bits per heavy atom. The molecule has 1 aliphatic rings. The molecule has 0 N–H and O–H groups in total. The van der Waals surface area contributed by atoms with Crippen molar-refractivity contribution in [3.8, 4) is 12.1 Å². The lowest BCUT2D eigenvalue weighted by atomic mass is 10.0. The summed E-state index contributed by atoms with van der Waals surface area (Å²) in [6.45, 7) is 0. The van der Waals surface area contributed by atoms with Gasteiger partial charge < -0.3 is 0 Å². The minimum atomic E-state index is 0.507. The topological polar surface area (TPSA) is 47.6 Å². The standard InChI is InChI=1S/C14H16N2/c15-11-13-9-7-5-3-1-2-4-6-8-10-14(13)12-16/h3,5,7,9H,1-2,4,6,8,10H2/b5-3+,9-7-,14-13+. The Morgan fingerprint density at radius 2 is 1.75 bits per heavy atom. The predicted octanol–water partition coefficient (Wildman–Crippen LogP) is 3.80. The SMILES string of the molecule is N#CC1=C(/C#N)CCCCCC/C=C/C=C\1. The van der Waals surface area contributed by atoms with Crippen LogP contribution in [0.2, 0.25) is 0 Å². The first-order chi connectivity index (χ1) is 7.88. The van der Waals surface area contributed by atoms with Crippen LogP contribution in [-0.4, -0.2) is 0 Å². The summed E-state index contributed by atoms with van der Waals surface area (Å²) in [5.74, 6) is 0. The number of hydrogen-bond acceptors (Lipinski definition) is 2. The van der Waals surface area contributed by atoms with Gasteiger partial charge in [0.05, 0.1) is 11.6 Å². The average Bonchev–Trinajstić information content (AvgIpc) is 2.30. The van der Waals surface area contributed by atoms with E-state index in [2.05, 4.69) is 18.2 Å². The molecule has 1 rings (SSSR count). The highest BCUT2D eigenvalue weighted by molar-refractivity contribution is 5.44. The zero-order chi connectivity index (χ0) is 11.6. The van der Waals surface area contributed by atoms with E-state index in [4.69, 9.17) is 10.5 Å². The maximum absolute atomic E-state index is 8.99.